The molecule has 3 aliphatic carbocycles. The number of hydrogen-bond donors (Lipinski definition) is 0. The first-order chi connectivity index (χ1) is 8.90. The van der Waals surface area contributed by atoms with E-state index >= 15 is 0 Å². The van der Waals surface area contributed by atoms with Gasteiger partial charge in [-0.05, 0) is 58.4 Å². The third kappa shape index (κ3) is 1.03. The Labute approximate surface area is 107 Å². The van der Waals surface area contributed by atoms with Crippen molar-refractivity contribution in [3.05, 3.63) is 59.7 Å². The molecule has 88 valence electrons. The average molecular weight is 232 g/mol. The lowest BCUT2D eigenvalue weighted by Gasteiger charge is -2.21. The molecule has 5 rings (SSSR count). The average Bonchev–Trinajstić information content (AvgIpc) is 3.07. The lowest BCUT2D eigenvalue weighted by molar-refractivity contribution is 0.426. The van der Waals surface area contributed by atoms with Crippen LogP contribution in [0, 0.1) is 17.8 Å². The Bertz CT molecular complexity index is 679. The highest BCUT2D eigenvalue weighted by Crippen LogP contribution is 2.58. The first-order valence-corrected chi connectivity index (χ1v) is 7.10. The Morgan fingerprint density at radius 1 is 0.889 bits per heavy atom. The van der Waals surface area contributed by atoms with Crippen molar-refractivity contribution >= 4 is 10.8 Å². The Morgan fingerprint density at radius 2 is 1.67 bits per heavy atom. The van der Waals surface area contributed by atoms with Crippen LogP contribution in [0.2, 0.25) is 0 Å². The van der Waals surface area contributed by atoms with Gasteiger partial charge in [0.15, 0.2) is 0 Å². The third-order valence-corrected chi connectivity index (χ3v) is 5.44. The topological polar surface area (TPSA) is 0 Å². The summed E-state index contributed by atoms with van der Waals surface area (Å²) < 4.78 is 0. The van der Waals surface area contributed by atoms with Crippen molar-refractivity contribution in [2.24, 2.45) is 17.8 Å². The normalized spacial score (nSPS) is 35.1. The van der Waals surface area contributed by atoms with E-state index in [4.69, 9.17) is 0 Å². The molecule has 4 atom stereocenters. The van der Waals surface area contributed by atoms with Gasteiger partial charge in [0.1, 0.15) is 0 Å². The van der Waals surface area contributed by atoms with Crippen molar-refractivity contribution in [3.63, 3.8) is 0 Å². The molecule has 1 fully saturated rings. The van der Waals surface area contributed by atoms with E-state index in [0.29, 0.717) is 0 Å². The third-order valence-electron chi connectivity index (χ3n) is 5.44. The van der Waals surface area contributed by atoms with Gasteiger partial charge in [0, 0.05) is 0 Å². The van der Waals surface area contributed by atoms with Gasteiger partial charge in [0.05, 0.1) is 0 Å². The fraction of sp³-hybridized carbons (Fsp3) is 0.333. The molecule has 0 spiro atoms. The summed E-state index contributed by atoms with van der Waals surface area (Å²) in [6, 6.07) is 13.7. The van der Waals surface area contributed by atoms with Crippen molar-refractivity contribution in [2.75, 3.05) is 0 Å². The van der Waals surface area contributed by atoms with Crippen molar-refractivity contribution in [2.45, 2.75) is 18.8 Å². The van der Waals surface area contributed by atoms with Crippen LogP contribution in [0.15, 0.2) is 48.6 Å². The van der Waals surface area contributed by atoms with E-state index in [1.807, 2.05) is 0 Å². The summed E-state index contributed by atoms with van der Waals surface area (Å²) >= 11 is 0. The predicted octanol–water partition coefficient (Wildman–Crippen LogP) is 4.30. The summed E-state index contributed by atoms with van der Waals surface area (Å²) in [6.45, 7) is 0. The Hall–Kier alpha value is -1.56. The van der Waals surface area contributed by atoms with Crippen LogP contribution in [0.3, 0.4) is 0 Å². The molecule has 2 bridgehead atoms. The summed E-state index contributed by atoms with van der Waals surface area (Å²) in [4.78, 5) is 0. The molecule has 2 aromatic rings. The Kier molecular flexibility index (Phi) is 1.59. The van der Waals surface area contributed by atoms with Crippen molar-refractivity contribution in [3.8, 4) is 0 Å². The summed E-state index contributed by atoms with van der Waals surface area (Å²) in [5.41, 5.74) is 3.29. The molecule has 1 saturated carbocycles. The second-order valence-electron chi connectivity index (χ2n) is 6.24. The summed E-state index contributed by atoms with van der Waals surface area (Å²) in [5.74, 6) is 3.45. The molecule has 0 radical (unpaired) electrons. The van der Waals surface area contributed by atoms with Gasteiger partial charge in [0.25, 0.3) is 0 Å². The van der Waals surface area contributed by atoms with Gasteiger partial charge < -0.3 is 0 Å². The first kappa shape index (κ1) is 9.38. The van der Waals surface area contributed by atoms with Crippen LogP contribution in [0.25, 0.3) is 10.8 Å². The molecule has 0 aliphatic heterocycles. The van der Waals surface area contributed by atoms with Gasteiger partial charge in [-0.1, -0.05) is 48.6 Å². The van der Waals surface area contributed by atoms with Crippen LogP contribution in [0.5, 0.6) is 0 Å². The maximum atomic E-state index is 2.48. The van der Waals surface area contributed by atoms with E-state index in [-0.39, 0.29) is 0 Å². The smallest absolute Gasteiger partial charge is 0.00587 e. The molecule has 0 aromatic heterocycles. The van der Waals surface area contributed by atoms with Gasteiger partial charge in [0.2, 0.25) is 0 Å². The molecule has 0 heterocycles. The molecule has 18 heavy (non-hydrogen) atoms. The van der Waals surface area contributed by atoms with Crippen molar-refractivity contribution in [1.82, 2.24) is 0 Å². The molecule has 0 N–H and O–H groups in total. The zero-order valence-electron chi connectivity index (χ0n) is 10.3. The molecule has 0 saturated heterocycles. The number of benzene rings is 2. The zero-order valence-corrected chi connectivity index (χ0v) is 10.3. The highest BCUT2D eigenvalue weighted by Gasteiger charge is 2.48. The minimum Gasteiger partial charge on any atom is -0.0848 e. The molecule has 0 amide bonds. The van der Waals surface area contributed by atoms with E-state index in [1.54, 1.807) is 11.1 Å². The fourth-order valence-corrected chi connectivity index (χ4v) is 4.71. The van der Waals surface area contributed by atoms with Crippen LogP contribution in [-0.4, -0.2) is 0 Å². The van der Waals surface area contributed by atoms with E-state index in [2.05, 4.69) is 48.6 Å². The van der Waals surface area contributed by atoms with Gasteiger partial charge in [-0.3, -0.25) is 0 Å². The van der Waals surface area contributed by atoms with Gasteiger partial charge in [-0.15, -0.1) is 0 Å². The SMILES string of the molecule is C1=CC2CC1C1Cc3cc4ccccc4cc3C21. The molecular weight excluding hydrogens is 216 g/mol. The lowest BCUT2D eigenvalue weighted by atomic mass is 9.83. The largest absolute Gasteiger partial charge is 0.0848 e. The van der Waals surface area contributed by atoms with E-state index in [0.717, 1.165) is 23.7 Å². The molecule has 0 heteroatoms. The summed E-state index contributed by atoms with van der Waals surface area (Å²) in [6.07, 6.45) is 7.70. The molecular formula is C18H16. The molecule has 2 aromatic carbocycles. The van der Waals surface area contributed by atoms with Gasteiger partial charge in [-0.2, -0.15) is 0 Å². The van der Waals surface area contributed by atoms with E-state index in [9.17, 15) is 0 Å². The van der Waals surface area contributed by atoms with Crippen LogP contribution in [0.1, 0.15) is 23.5 Å². The summed E-state index contributed by atoms with van der Waals surface area (Å²) in [7, 11) is 0. The number of allylic oxidation sites excluding steroid dienone is 2. The lowest BCUT2D eigenvalue weighted by Crippen LogP contribution is -2.12. The zero-order chi connectivity index (χ0) is 11.7. The van der Waals surface area contributed by atoms with Crippen LogP contribution in [0.4, 0.5) is 0 Å². The molecule has 3 aliphatic rings. The van der Waals surface area contributed by atoms with Crippen molar-refractivity contribution in [1.29, 1.82) is 0 Å². The maximum absolute atomic E-state index is 2.48. The second kappa shape index (κ2) is 3.06. The van der Waals surface area contributed by atoms with E-state index < -0.39 is 0 Å². The highest BCUT2D eigenvalue weighted by atomic mass is 14.5. The Balaban J connectivity index is 1.75. The first-order valence-electron chi connectivity index (χ1n) is 7.10. The van der Waals surface area contributed by atoms with E-state index in [1.165, 1.54) is 23.6 Å². The fourth-order valence-electron chi connectivity index (χ4n) is 4.71. The van der Waals surface area contributed by atoms with Crippen LogP contribution >= 0.6 is 0 Å². The number of hydrogen-bond acceptors (Lipinski definition) is 0. The van der Waals surface area contributed by atoms with Crippen LogP contribution in [-0.2, 0) is 6.42 Å². The predicted molar refractivity (Wildman–Crippen MR) is 74.6 cm³/mol. The minimum absolute atomic E-state index is 0.833. The molecule has 4 unspecified atom stereocenters. The van der Waals surface area contributed by atoms with Gasteiger partial charge in [-0.25, -0.2) is 0 Å². The highest BCUT2D eigenvalue weighted by molar-refractivity contribution is 5.84. The minimum atomic E-state index is 0.833. The van der Waals surface area contributed by atoms with Crippen molar-refractivity contribution < 1.29 is 0 Å². The van der Waals surface area contributed by atoms with Crippen LogP contribution < -0.4 is 0 Å². The summed E-state index contributed by atoms with van der Waals surface area (Å²) in [5, 5.41) is 2.83. The number of rotatable bonds is 0. The quantitative estimate of drug-likeness (QED) is 0.594. The molecule has 0 nitrogen and oxygen atoms in total. The standard InChI is InChI=1S/C18H16/c1-2-4-12-9-17-15(7-11(12)3-1)10-16-13-5-6-14(8-13)18(16)17/h1-7,9,13-14,16,18H,8,10H2. The second-order valence-corrected chi connectivity index (χ2v) is 6.24. The maximum Gasteiger partial charge on any atom is -0.00587 e. The monoisotopic (exact) mass is 232 g/mol. The van der Waals surface area contributed by atoms with Gasteiger partial charge >= 0.3 is 0 Å². The number of fused-ring (bicyclic) bond motifs is 8. The Morgan fingerprint density at radius 3 is 2.56 bits per heavy atom.